The summed E-state index contributed by atoms with van der Waals surface area (Å²) < 4.78 is 5.27. The first-order valence-corrected chi connectivity index (χ1v) is 4.65. The molecular formula is C9H17NO. The molecular weight excluding hydrogens is 138 g/mol. The van der Waals surface area contributed by atoms with E-state index in [0.29, 0.717) is 5.41 Å². The molecule has 0 aliphatic carbocycles. The Kier molecular flexibility index (Phi) is 1.90. The molecule has 2 heterocycles. The first kappa shape index (κ1) is 7.56. The molecule has 2 rings (SSSR count). The smallest absolute Gasteiger partial charge is 0.0557 e. The Balaban J connectivity index is 1.81. The minimum atomic E-state index is 0.542. The van der Waals surface area contributed by atoms with Crippen molar-refractivity contribution in [3.05, 3.63) is 0 Å². The van der Waals surface area contributed by atoms with E-state index in [4.69, 9.17) is 4.74 Å². The zero-order valence-corrected chi connectivity index (χ0v) is 7.31. The molecule has 0 aromatic carbocycles. The second-order valence-corrected chi connectivity index (χ2v) is 3.98. The normalized spacial score (nSPS) is 29.2. The fourth-order valence-corrected chi connectivity index (χ4v) is 1.81. The minimum Gasteiger partial charge on any atom is -0.380 e. The van der Waals surface area contributed by atoms with Gasteiger partial charge in [0.05, 0.1) is 13.2 Å². The van der Waals surface area contributed by atoms with Gasteiger partial charge in [-0.1, -0.05) is 6.92 Å². The Morgan fingerprint density at radius 3 is 2.36 bits per heavy atom. The zero-order chi connectivity index (χ0) is 7.73. The first-order chi connectivity index (χ1) is 5.35. The van der Waals surface area contributed by atoms with Crippen LogP contribution in [0.25, 0.3) is 0 Å². The van der Waals surface area contributed by atoms with Gasteiger partial charge in [-0.25, -0.2) is 0 Å². The Bertz CT molecular complexity index is 133. The van der Waals surface area contributed by atoms with Gasteiger partial charge in [0, 0.05) is 12.0 Å². The lowest BCUT2D eigenvalue weighted by molar-refractivity contribution is -0.133. The van der Waals surface area contributed by atoms with E-state index in [1.165, 1.54) is 32.5 Å². The van der Waals surface area contributed by atoms with E-state index in [1.807, 2.05) is 0 Å². The van der Waals surface area contributed by atoms with Gasteiger partial charge in [-0.3, -0.25) is 0 Å². The molecule has 64 valence electrons. The number of hydrogen-bond acceptors (Lipinski definition) is 2. The molecule has 0 aromatic rings. The summed E-state index contributed by atoms with van der Waals surface area (Å²) in [7, 11) is 0. The van der Waals surface area contributed by atoms with E-state index in [1.54, 1.807) is 0 Å². The van der Waals surface area contributed by atoms with Gasteiger partial charge in [-0.05, 0) is 25.9 Å². The Hall–Kier alpha value is -0.0800. The molecule has 2 saturated heterocycles. The van der Waals surface area contributed by atoms with Crippen LogP contribution in [0.4, 0.5) is 0 Å². The van der Waals surface area contributed by atoms with E-state index >= 15 is 0 Å². The van der Waals surface area contributed by atoms with Crippen LogP contribution in [0.2, 0.25) is 0 Å². The molecule has 0 aromatic heterocycles. The van der Waals surface area contributed by atoms with Gasteiger partial charge in [-0.15, -0.1) is 0 Å². The van der Waals surface area contributed by atoms with Crippen molar-refractivity contribution in [1.82, 2.24) is 4.90 Å². The highest BCUT2D eigenvalue weighted by atomic mass is 16.5. The van der Waals surface area contributed by atoms with E-state index < -0.39 is 0 Å². The average molecular weight is 155 g/mol. The van der Waals surface area contributed by atoms with Crippen LogP contribution in [0.1, 0.15) is 19.8 Å². The molecule has 0 N–H and O–H groups in total. The monoisotopic (exact) mass is 155 g/mol. The number of likely N-dealkylation sites (tertiary alicyclic amines) is 1. The standard InChI is InChI=1S/C9H17NO/c1-2-9(7-11-8-9)6-10-4-3-5-10/h2-8H2,1H3. The summed E-state index contributed by atoms with van der Waals surface area (Å²) in [6, 6.07) is 0. The third kappa shape index (κ3) is 1.30. The lowest BCUT2D eigenvalue weighted by atomic mass is 9.82. The second-order valence-electron chi connectivity index (χ2n) is 3.98. The number of ether oxygens (including phenoxy) is 1. The molecule has 11 heavy (non-hydrogen) atoms. The lowest BCUT2D eigenvalue weighted by Gasteiger charge is -2.46. The molecule has 2 aliphatic heterocycles. The van der Waals surface area contributed by atoms with Crippen molar-refractivity contribution < 1.29 is 4.74 Å². The summed E-state index contributed by atoms with van der Waals surface area (Å²) in [5, 5.41) is 0. The van der Waals surface area contributed by atoms with E-state index in [0.717, 1.165) is 13.2 Å². The maximum absolute atomic E-state index is 5.27. The topological polar surface area (TPSA) is 12.5 Å². The molecule has 0 radical (unpaired) electrons. The van der Waals surface area contributed by atoms with Gasteiger partial charge in [0.1, 0.15) is 0 Å². The number of nitrogens with zero attached hydrogens (tertiary/aromatic N) is 1. The average Bonchev–Trinajstić information content (AvgIpc) is 1.83. The Morgan fingerprint density at radius 2 is 2.09 bits per heavy atom. The van der Waals surface area contributed by atoms with Crippen LogP contribution in [0, 0.1) is 5.41 Å². The summed E-state index contributed by atoms with van der Waals surface area (Å²) >= 11 is 0. The highest BCUT2D eigenvalue weighted by Gasteiger charge is 2.39. The van der Waals surface area contributed by atoms with Crippen LogP contribution in [-0.4, -0.2) is 37.7 Å². The van der Waals surface area contributed by atoms with Crippen molar-refractivity contribution in [3.63, 3.8) is 0 Å². The Labute approximate surface area is 68.5 Å². The fourth-order valence-electron chi connectivity index (χ4n) is 1.81. The first-order valence-electron chi connectivity index (χ1n) is 4.65. The van der Waals surface area contributed by atoms with Crippen molar-refractivity contribution in [3.8, 4) is 0 Å². The molecule has 0 amide bonds. The van der Waals surface area contributed by atoms with E-state index in [2.05, 4.69) is 11.8 Å². The SMILES string of the molecule is CCC1(CN2CCC2)COC1. The number of rotatable bonds is 3. The maximum Gasteiger partial charge on any atom is 0.0557 e. The molecule has 0 saturated carbocycles. The second kappa shape index (κ2) is 2.76. The molecule has 0 spiro atoms. The van der Waals surface area contributed by atoms with Gasteiger partial charge in [-0.2, -0.15) is 0 Å². The predicted octanol–water partition coefficient (Wildman–Crippen LogP) is 1.12. The molecule has 0 bridgehead atoms. The summed E-state index contributed by atoms with van der Waals surface area (Å²) in [5.41, 5.74) is 0.542. The third-order valence-corrected chi connectivity index (χ3v) is 3.07. The predicted molar refractivity (Wildman–Crippen MR) is 44.6 cm³/mol. The highest BCUT2D eigenvalue weighted by Crippen LogP contribution is 2.33. The van der Waals surface area contributed by atoms with Gasteiger partial charge in [0.15, 0.2) is 0 Å². The molecule has 2 nitrogen and oxygen atoms in total. The van der Waals surface area contributed by atoms with Crippen molar-refractivity contribution >= 4 is 0 Å². The van der Waals surface area contributed by atoms with Crippen LogP contribution in [0.5, 0.6) is 0 Å². The lowest BCUT2D eigenvalue weighted by Crippen LogP contribution is -2.53. The summed E-state index contributed by atoms with van der Waals surface area (Å²) in [5.74, 6) is 0. The fraction of sp³-hybridized carbons (Fsp3) is 1.00. The summed E-state index contributed by atoms with van der Waals surface area (Å²) in [4.78, 5) is 2.55. The maximum atomic E-state index is 5.27. The van der Waals surface area contributed by atoms with Crippen LogP contribution in [0.3, 0.4) is 0 Å². The Morgan fingerprint density at radius 1 is 1.36 bits per heavy atom. The quantitative estimate of drug-likeness (QED) is 0.605. The molecule has 2 fully saturated rings. The van der Waals surface area contributed by atoms with Crippen molar-refractivity contribution in [1.29, 1.82) is 0 Å². The number of hydrogen-bond donors (Lipinski definition) is 0. The van der Waals surface area contributed by atoms with Gasteiger partial charge < -0.3 is 9.64 Å². The minimum absolute atomic E-state index is 0.542. The van der Waals surface area contributed by atoms with Crippen LogP contribution in [-0.2, 0) is 4.74 Å². The van der Waals surface area contributed by atoms with E-state index in [9.17, 15) is 0 Å². The van der Waals surface area contributed by atoms with Crippen molar-refractivity contribution in [2.45, 2.75) is 19.8 Å². The van der Waals surface area contributed by atoms with Gasteiger partial charge in [0.25, 0.3) is 0 Å². The third-order valence-electron chi connectivity index (χ3n) is 3.07. The highest BCUT2D eigenvalue weighted by molar-refractivity contribution is 4.89. The van der Waals surface area contributed by atoms with E-state index in [-0.39, 0.29) is 0 Å². The van der Waals surface area contributed by atoms with Crippen LogP contribution in [0.15, 0.2) is 0 Å². The van der Waals surface area contributed by atoms with Crippen LogP contribution < -0.4 is 0 Å². The van der Waals surface area contributed by atoms with Crippen molar-refractivity contribution in [2.75, 3.05) is 32.8 Å². The summed E-state index contributed by atoms with van der Waals surface area (Å²) in [6.45, 7) is 8.20. The summed E-state index contributed by atoms with van der Waals surface area (Å²) in [6.07, 6.45) is 2.68. The molecule has 2 heteroatoms. The zero-order valence-electron chi connectivity index (χ0n) is 7.31. The largest absolute Gasteiger partial charge is 0.380 e. The molecule has 2 aliphatic rings. The molecule has 0 unspecified atom stereocenters. The molecule has 0 atom stereocenters. The van der Waals surface area contributed by atoms with Crippen LogP contribution >= 0.6 is 0 Å². The van der Waals surface area contributed by atoms with Gasteiger partial charge >= 0.3 is 0 Å². The van der Waals surface area contributed by atoms with Crippen molar-refractivity contribution in [2.24, 2.45) is 5.41 Å². The van der Waals surface area contributed by atoms with Gasteiger partial charge in [0.2, 0.25) is 0 Å².